The van der Waals surface area contributed by atoms with Crippen LogP contribution in [0.3, 0.4) is 0 Å². The maximum absolute atomic E-state index is 10.7. The molecule has 1 heterocycles. The Hall–Kier alpha value is -1.05. The van der Waals surface area contributed by atoms with Crippen LogP contribution in [0, 0.1) is 36.0 Å². The lowest BCUT2D eigenvalue weighted by atomic mass is 9.60. The molecule has 3 saturated carbocycles. The van der Waals surface area contributed by atoms with Crippen LogP contribution in [0.4, 0.5) is 0 Å². The molecule has 7 atom stereocenters. The van der Waals surface area contributed by atoms with Gasteiger partial charge in [-0.1, -0.05) is 63.8 Å². The minimum Gasteiger partial charge on any atom is -0.396 e. The number of aliphatic hydroxyl groups excluding tert-OH is 4. The molecule has 6 heteroatoms. The van der Waals surface area contributed by atoms with Crippen LogP contribution in [0.15, 0.2) is 23.3 Å². The zero-order valence-corrected chi connectivity index (χ0v) is 26.5. The van der Waals surface area contributed by atoms with Crippen LogP contribution in [0.1, 0.15) is 114 Å². The van der Waals surface area contributed by atoms with Crippen molar-refractivity contribution in [3.63, 3.8) is 0 Å². The van der Waals surface area contributed by atoms with Crippen molar-refractivity contribution in [3.8, 4) is 0 Å². The smallest absolute Gasteiger partial charge is 0.102 e. The molecule has 3 aliphatic carbocycles. The number of rotatable bonds is 11. The predicted molar refractivity (Wildman–Crippen MR) is 164 cm³/mol. The number of aliphatic hydroxyl groups is 4. The van der Waals surface area contributed by atoms with E-state index in [0.717, 1.165) is 28.4 Å². The lowest BCUT2D eigenvalue weighted by Gasteiger charge is -2.44. The van der Waals surface area contributed by atoms with E-state index in [0.29, 0.717) is 54.8 Å². The van der Waals surface area contributed by atoms with Crippen LogP contribution in [0.2, 0.25) is 0 Å². The fraction of sp³-hybridized carbons (Fsp3) is 0.794. The Kier molecular flexibility index (Phi) is 10.8. The van der Waals surface area contributed by atoms with Gasteiger partial charge in [-0.05, 0) is 93.8 Å². The molecule has 0 spiro atoms. The van der Waals surface area contributed by atoms with Gasteiger partial charge in [-0.3, -0.25) is 0 Å². The van der Waals surface area contributed by atoms with Crippen LogP contribution in [0.5, 0.6) is 0 Å². The van der Waals surface area contributed by atoms with Crippen LogP contribution in [0.25, 0.3) is 0 Å². The molecule has 2 unspecified atom stereocenters. The number of aryl methyl sites for hydroxylation is 1. The van der Waals surface area contributed by atoms with Gasteiger partial charge in [0, 0.05) is 23.3 Å². The number of hydrogen-bond acceptors (Lipinski definition) is 6. The van der Waals surface area contributed by atoms with E-state index in [9.17, 15) is 20.4 Å². The van der Waals surface area contributed by atoms with E-state index in [4.69, 9.17) is 4.98 Å². The summed E-state index contributed by atoms with van der Waals surface area (Å²) in [5, 5.41) is 41.4. The van der Waals surface area contributed by atoms with Crippen molar-refractivity contribution < 1.29 is 20.4 Å². The molecule has 0 saturated heterocycles. The molecule has 1 aromatic heterocycles. The number of hydrogen-bond donors (Lipinski definition) is 4. The highest BCUT2D eigenvalue weighted by Gasteiger charge is 2.50. The van der Waals surface area contributed by atoms with Crippen molar-refractivity contribution in [3.05, 3.63) is 38.9 Å². The number of thiazole rings is 1. The first-order chi connectivity index (χ1) is 19.0. The van der Waals surface area contributed by atoms with Gasteiger partial charge in [0.1, 0.15) is 5.01 Å². The summed E-state index contributed by atoms with van der Waals surface area (Å²) in [4.78, 5) is 6.05. The second-order valence-corrected chi connectivity index (χ2v) is 15.0. The lowest BCUT2D eigenvalue weighted by Crippen LogP contribution is -2.37. The fourth-order valence-corrected chi connectivity index (χ4v) is 10.0. The summed E-state index contributed by atoms with van der Waals surface area (Å²) in [6, 6.07) is 0. The minimum absolute atomic E-state index is 0.117. The van der Waals surface area contributed by atoms with Crippen molar-refractivity contribution in [2.45, 2.75) is 129 Å². The Morgan fingerprint density at radius 2 is 1.82 bits per heavy atom. The number of fused-ring (bicyclic) bond motifs is 1. The normalized spacial score (nSPS) is 33.5. The van der Waals surface area contributed by atoms with Gasteiger partial charge in [0.2, 0.25) is 0 Å². The maximum atomic E-state index is 10.7. The molecular formula is C34H55NO4S. The van der Waals surface area contributed by atoms with Crippen molar-refractivity contribution in [1.29, 1.82) is 0 Å². The standard InChI is InChI=1S/C34H55NO4S/c1-22(2)34(21-37,32-35-24(4)31(40-32)14-17-36)16-6-8-23(3)29-12-13-30-26(9-7-15-33(29,30)5)11-10-25-18-27(38)20-28(39)19-25/h10-11,22-23,27-30,36-39H,6-9,12-21H2,1-5H3/b25-10?,26-11-/t23?,27-,28+,29-,30?,33-,34+/m1/s1. The molecular weight excluding hydrogens is 518 g/mol. The minimum atomic E-state index is -0.413. The molecule has 3 aliphatic rings. The first kappa shape index (κ1) is 31.9. The van der Waals surface area contributed by atoms with Crippen molar-refractivity contribution in [1.82, 2.24) is 4.98 Å². The van der Waals surface area contributed by atoms with Gasteiger partial charge in [0.25, 0.3) is 0 Å². The summed E-state index contributed by atoms with van der Waals surface area (Å²) in [6.07, 6.45) is 15.8. The van der Waals surface area contributed by atoms with E-state index in [1.807, 2.05) is 6.92 Å². The Labute approximate surface area is 246 Å². The van der Waals surface area contributed by atoms with Gasteiger partial charge in [-0.2, -0.15) is 0 Å². The molecule has 226 valence electrons. The van der Waals surface area contributed by atoms with Gasteiger partial charge < -0.3 is 20.4 Å². The summed E-state index contributed by atoms with van der Waals surface area (Å²) in [6.45, 7) is 11.7. The molecule has 0 aromatic carbocycles. The molecule has 1 aromatic rings. The molecule has 3 fully saturated rings. The molecule has 40 heavy (non-hydrogen) atoms. The van der Waals surface area contributed by atoms with Gasteiger partial charge in [0.05, 0.1) is 24.5 Å². The summed E-state index contributed by atoms with van der Waals surface area (Å²) in [5.41, 5.74) is 3.79. The van der Waals surface area contributed by atoms with E-state index in [1.54, 1.807) is 16.9 Å². The molecule has 0 aliphatic heterocycles. The van der Waals surface area contributed by atoms with E-state index in [-0.39, 0.29) is 18.6 Å². The Bertz CT molecular complexity index is 1030. The van der Waals surface area contributed by atoms with Crippen LogP contribution in [-0.2, 0) is 11.8 Å². The van der Waals surface area contributed by atoms with Crippen LogP contribution < -0.4 is 0 Å². The average Bonchev–Trinajstić information content (AvgIpc) is 3.44. The second kappa shape index (κ2) is 13.5. The first-order valence-electron chi connectivity index (χ1n) is 16.0. The third kappa shape index (κ3) is 6.62. The van der Waals surface area contributed by atoms with E-state index >= 15 is 0 Å². The fourth-order valence-electron chi connectivity index (χ4n) is 8.63. The molecule has 4 N–H and O–H groups in total. The highest BCUT2D eigenvalue weighted by atomic mass is 32.1. The maximum Gasteiger partial charge on any atom is 0.102 e. The monoisotopic (exact) mass is 573 g/mol. The molecule has 0 amide bonds. The zero-order valence-electron chi connectivity index (χ0n) is 25.7. The largest absolute Gasteiger partial charge is 0.396 e. The summed E-state index contributed by atoms with van der Waals surface area (Å²) in [7, 11) is 0. The van der Waals surface area contributed by atoms with E-state index in [1.165, 1.54) is 44.1 Å². The Morgan fingerprint density at radius 3 is 2.48 bits per heavy atom. The number of allylic oxidation sites excluding steroid dienone is 3. The van der Waals surface area contributed by atoms with Gasteiger partial charge >= 0.3 is 0 Å². The van der Waals surface area contributed by atoms with Gasteiger partial charge in [-0.15, -0.1) is 11.3 Å². The van der Waals surface area contributed by atoms with E-state index in [2.05, 4.69) is 39.8 Å². The zero-order chi connectivity index (χ0) is 29.1. The lowest BCUT2D eigenvalue weighted by molar-refractivity contribution is 0.0609. The average molecular weight is 574 g/mol. The quantitative estimate of drug-likeness (QED) is 0.238. The first-order valence-corrected chi connectivity index (χ1v) is 16.8. The SMILES string of the molecule is Cc1nc([C@](CO)(CCCC(C)[C@H]2CCC3/C(=C\C=C4C[C@@H](O)C[C@@H](O)C4)CCC[C@@]32C)C(C)C)sc1CCO. The number of aromatic nitrogens is 1. The molecule has 5 nitrogen and oxygen atoms in total. The van der Waals surface area contributed by atoms with Crippen molar-refractivity contribution in [2.24, 2.45) is 29.1 Å². The van der Waals surface area contributed by atoms with Crippen molar-refractivity contribution >= 4 is 11.3 Å². The van der Waals surface area contributed by atoms with E-state index < -0.39 is 12.2 Å². The van der Waals surface area contributed by atoms with Crippen LogP contribution >= 0.6 is 11.3 Å². The summed E-state index contributed by atoms with van der Waals surface area (Å²) < 4.78 is 0. The molecule has 0 radical (unpaired) electrons. The topological polar surface area (TPSA) is 93.8 Å². The number of nitrogens with zero attached hydrogens (tertiary/aromatic N) is 1. The third-order valence-corrected chi connectivity index (χ3v) is 12.6. The molecule has 4 rings (SSSR count). The van der Waals surface area contributed by atoms with Crippen molar-refractivity contribution in [2.75, 3.05) is 13.2 Å². The van der Waals surface area contributed by atoms with Gasteiger partial charge in [-0.25, -0.2) is 4.98 Å². The summed E-state index contributed by atoms with van der Waals surface area (Å²) >= 11 is 1.69. The van der Waals surface area contributed by atoms with Crippen LogP contribution in [-0.4, -0.2) is 50.8 Å². The Balaban J connectivity index is 1.42. The predicted octanol–water partition coefficient (Wildman–Crippen LogP) is 6.65. The Morgan fingerprint density at radius 1 is 1.10 bits per heavy atom. The molecule has 0 bridgehead atoms. The second-order valence-electron chi connectivity index (χ2n) is 14.0. The highest BCUT2D eigenvalue weighted by Crippen LogP contribution is 2.60. The summed E-state index contributed by atoms with van der Waals surface area (Å²) in [5.74, 6) is 2.29. The third-order valence-electron chi connectivity index (χ3n) is 11.1. The van der Waals surface area contributed by atoms with Gasteiger partial charge in [0.15, 0.2) is 0 Å². The highest BCUT2D eigenvalue weighted by molar-refractivity contribution is 7.11.